The SMILES string of the molecule is CN(C)c1ccc(C2(c3ccc(N(C)C)cc3N)OC(=O)c3cc(N(C)C)ccc32)cc1. The fourth-order valence-electron chi connectivity index (χ4n) is 4.25. The minimum atomic E-state index is -1.11. The van der Waals surface area contributed by atoms with Gasteiger partial charge in [-0.05, 0) is 36.4 Å². The Morgan fingerprint density at radius 3 is 1.72 bits per heavy atom. The summed E-state index contributed by atoms with van der Waals surface area (Å²) < 4.78 is 6.24. The number of hydrogen-bond donors (Lipinski definition) is 1. The molecule has 0 bridgehead atoms. The average molecular weight is 431 g/mol. The van der Waals surface area contributed by atoms with Crippen LogP contribution >= 0.6 is 0 Å². The highest BCUT2D eigenvalue weighted by atomic mass is 16.6. The lowest BCUT2D eigenvalue weighted by molar-refractivity contribution is 0.0254. The summed E-state index contributed by atoms with van der Waals surface area (Å²) in [5, 5.41) is 0. The second kappa shape index (κ2) is 7.79. The topological polar surface area (TPSA) is 62.0 Å². The van der Waals surface area contributed by atoms with Crippen molar-refractivity contribution >= 4 is 28.7 Å². The van der Waals surface area contributed by atoms with Gasteiger partial charge in [-0.15, -0.1) is 0 Å². The lowest BCUT2D eigenvalue weighted by Crippen LogP contribution is -2.31. The smallest absolute Gasteiger partial charge is 0.340 e. The number of nitrogens with zero attached hydrogens (tertiary/aromatic N) is 3. The zero-order valence-electron chi connectivity index (χ0n) is 19.5. The van der Waals surface area contributed by atoms with Crippen LogP contribution in [-0.4, -0.2) is 48.3 Å². The minimum Gasteiger partial charge on any atom is -0.440 e. The normalized spacial score (nSPS) is 17.0. The van der Waals surface area contributed by atoms with Crippen LogP contribution in [0.15, 0.2) is 60.7 Å². The number of rotatable bonds is 5. The molecule has 0 amide bonds. The molecule has 1 heterocycles. The number of carbonyl (C=O) groups is 1. The van der Waals surface area contributed by atoms with E-state index in [9.17, 15) is 4.79 Å². The first kappa shape index (κ1) is 21.6. The molecule has 6 heteroatoms. The van der Waals surface area contributed by atoms with Crippen molar-refractivity contribution in [2.45, 2.75) is 5.60 Å². The number of nitrogen functional groups attached to an aromatic ring is 1. The second-order valence-corrected chi connectivity index (χ2v) is 8.80. The van der Waals surface area contributed by atoms with Gasteiger partial charge in [0.2, 0.25) is 0 Å². The highest BCUT2D eigenvalue weighted by molar-refractivity contribution is 5.98. The van der Waals surface area contributed by atoms with Gasteiger partial charge in [0.1, 0.15) is 0 Å². The molecule has 3 aromatic rings. The van der Waals surface area contributed by atoms with Crippen LogP contribution in [0.2, 0.25) is 0 Å². The van der Waals surface area contributed by atoms with Crippen LogP contribution in [0.25, 0.3) is 0 Å². The summed E-state index contributed by atoms with van der Waals surface area (Å²) in [6, 6.07) is 19.8. The fourth-order valence-corrected chi connectivity index (χ4v) is 4.25. The summed E-state index contributed by atoms with van der Waals surface area (Å²) in [5.74, 6) is -0.350. The third kappa shape index (κ3) is 3.32. The Kier molecular flexibility index (Phi) is 5.25. The van der Waals surface area contributed by atoms with E-state index >= 15 is 0 Å². The third-order valence-electron chi connectivity index (χ3n) is 6.09. The lowest BCUT2D eigenvalue weighted by Gasteiger charge is -2.32. The van der Waals surface area contributed by atoms with Gasteiger partial charge in [0.05, 0.1) is 5.56 Å². The van der Waals surface area contributed by atoms with Crippen molar-refractivity contribution in [2.24, 2.45) is 0 Å². The molecule has 1 atom stereocenters. The van der Waals surface area contributed by atoms with Crippen LogP contribution < -0.4 is 20.4 Å². The maximum absolute atomic E-state index is 13.2. The molecule has 1 unspecified atom stereocenters. The summed E-state index contributed by atoms with van der Waals surface area (Å²) in [5.41, 5.74) is 12.0. The van der Waals surface area contributed by atoms with E-state index in [1.807, 2.05) is 118 Å². The van der Waals surface area contributed by atoms with E-state index < -0.39 is 5.60 Å². The monoisotopic (exact) mass is 430 g/mol. The third-order valence-corrected chi connectivity index (χ3v) is 6.09. The average Bonchev–Trinajstić information content (AvgIpc) is 3.06. The van der Waals surface area contributed by atoms with E-state index in [1.165, 1.54) is 0 Å². The number of cyclic esters (lactones) is 1. The van der Waals surface area contributed by atoms with Gasteiger partial charge in [0.25, 0.3) is 0 Å². The van der Waals surface area contributed by atoms with Gasteiger partial charge < -0.3 is 25.2 Å². The van der Waals surface area contributed by atoms with Crippen molar-refractivity contribution in [3.63, 3.8) is 0 Å². The Balaban J connectivity index is 1.99. The molecule has 6 nitrogen and oxygen atoms in total. The van der Waals surface area contributed by atoms with Gasteiger partial charge in [-0.1, -0.05) is 24.3 Å². The first-order chi connectivity index (χ1) is 15.1. The number of ether oxygens (including phenoxy) is 1. The quantitative estimate of drug-likeness (QED) is 0.489. The van der Waals surface area contributed by atoms with Crippen LogP contribution in [0.5, 0.6) is 0 Å². The summed E-state index contributed by atoms with van der Waals surface area (Å²) in [6.45, 7) is 0. The van der Waals surface area contributed by atoms with E-state index in [2.05, 4.69) is 0 Å². The highest BCUT2D eigenvalue weighted by Crippen LogP contribution is 2.50. The molecule has 2 N–H and O–H groups in total. The lowest BCUT2D eigenvalue weighted by atomic mass is 9.79. The summed E-state index contributed by atoms with van der Waals surface area (Å²) in [7, 11) is 11.8. The number of esters is 1. The summed E-state index contributed by atoms with van der Waals surface area (Å²) >= 11 is 0. The number of anilines is 4. The number of nitrogens with two attached hydrogens (primary N) is 1. The molecular formula is C26H30N4O2. The molecule has 0 radical (unpaired) electrons. The van der Waals surface area contributed by atoms with E-state index in [4.69, 9.17) is 10.5 Å². The molecule has 0 spiro atoms. The number of hydrogen-bond acceptors (Lipinski definition) is 6. The molecule has 0 aliphatic carbocycles. The van der Waals surface area contributed by atoms with Gasteiger partial charge in [-0.2, -0.15) is 0 Å². The molecule has 1 aliphatic heterocycles. The maximum atomic E-state index is 13.2. The van der Waals surface area contributed by atoms with Crippen LogP contribution in [0.1, 0.15) is 27.0 Å². The molecule has 4 rings (SSSR count). The highest BCUT2D eigenvalue weighted by Gasteiger charge is 2.49. The predicted molar refractivity (Wildman–Crippen MR) is 132 cm³/mol. The first-order valence-corrected chi connectivity index (χ1v) is 10.6. The van der Waals surface area contributed by atoms with E-state index in [0.29, 0.717) is 11.3 Å². The molecule has 0 saturated carbocycles. The first-order valence-electron chi connectivity index (χ1n) is 10.6. The molecule has 3 aromatic carbocycles. The largest absolute Gasteiger partial charge is 0.440 e. The Labute approximate surface area is 189 Å². The Morgan fingerprint density at radius 2 is 1.19 bits per heavy atom. The molecule has 166 valence electrons. The van der Waals surface area contributed by atoms with E-state index in [-0.39, 0.29) is 5.97 Å². The van der Waals surface area contributed by atoms with Crippen molar-refractivity contribution in [1.29, 1.82) is 0 Å². The standard InChI is InChI=1S/C26H30N4O2/c1-28(2)18-9-7-17(8-10-18)26(23-14-12-20(30(5)6)16-24(23)27)22-13-11-19(29(3)4)15-21(22)25(31)32-26/h7-16H,27H2,1-6H3. The Bertz CT molecular complexity index is 1170. The van der Waals surface area contributed by atoms with Crippen LogP contribution in [0.4, 0.5) is 22.7 Å². The number of fused-ring (bicyclic) bond motifs is 1. The second-order valence-electron chi connectivity index (χ2n) is 8.80. The fraction of sp³-hybridized carbons (Fsp3) is 0.269. The number of carbonyl (C=O) groups excluding carboxylic acids is 1. The van der Waals surface area contributed by atoms with Gasteiger partial charge in [0, 0.05) is 81.7 Å². The van der Waals surface area contributed by atoms with Crippen molar-refractivity contribution in [1.82, 2.24) is 0 Å². The van der Waals surface area contributed by atoms with Crippen molar-refractivity contribution < 1.29 is 9.53 Å². The van der Waals surface area contributed by atoms with Crippen LogP contribution in [0, 0.1) is 0 Å². The van der Waals surface area contributed by atoms with Gasteiger partial charge in [0.15, 0.2) is 5.60 Å². The Hall–Kier alpha value is -3.67. The zero-order chi connectivity index (χ0) is 23.2. The molecule has 0 saturated heterocycles. The summed E-state index contributed by atoms with van der Waals surface area (Å²) in [4.78, 5) is 19.2. The van der Waals surface area contributed by atoms with Crippen LogP contribution in [-0.2, 0) is 10.3 Å². The van der Waals surface area contributed by atoms with Crippen molar-refractivity contribution in [3.8, 4) is 0 Å². The number of benzene rings is 3. The van der Waals surface area contributed by atoms with Crippen molar-refractivity contribution in [3.05, 3.63) is 82.9 Å². The van der Waals surface area contributed by atoms with E-state index in [0.717, 1.165) is 33.8 Å². The molecule has 1 aliphatic rings. The minimum absolute atomic E-state index is 0.350. The molecular weight excluding hydrogens is 400 g/mol. The van der Waals surface area contributed by atoms with Gasteiger partial charge in [-0.25, -0.2) is 4.79 Å². The maximum Gasteiger partial charge on any atom is 0.340 e. The van der Waals surface area contributed by atoms with Crippen LogP contribution in [0.3, 0.4) is 0 Å². The summed E-state index contributed by atoms with van der Waals surface area (Å²) in [6.07, 6.45) is 0. The predicted octanol–water partition coefficient (Wildman–Crippen LogP) is 3.93. The van der Waals surface area contributed by atoms with Gasteiger partial charge >= 0.3 is 5.97 Å². The molecule has 0 aromatic heterocycles. The molecule has 32 heavy (non-hydrogen) atoms. The van der Waals surface area contributed by atoms with Crippen molar-refractivity contribution in [2.75, 3.05) is 62.7 Å². The van der Waals surface area contributed by atoms with E-state index in [1.54, 1.807) is 0 Å². The zero-order valence-corrected chi connectivity index (χ0v) is 19.5. The Morgan fingerprint density at radius 1 is 0.688 bits per heavy atom. The van der Waals surface area contributed by atoms with Gasteiger partial charge in [-0.3, -0.25) is 0 Å². The molecule has 0 fully saturated rings.